The van der Waals surface area contributed by atoms with E-state index in [4.69, 9.17) is 37.5 Å². The largest absolute Gasteiger partial charge is 0.497 e. The van der Waals surface area contributed by atoms with E-state index in [1.807, 2.05) is 107 Å². The number of benzene rings is 3. The molecule has 5 atom stereocenters. The topological polar surface area (TPSA) is 182 Å². The Labute approximate surface area is 363 Å². The summed E-state index contributed by atoms with van der Waals surface area (Å²) in [7, 11) is 2.82. The molecular weight excluding hydrogens is 817 g/mol. The summed E-state index contributed by atoms with van der Waals surface area (Å²) in [6.45, 7) is 10.3. The lowest BCUT2D eigenvalue weighted by Gasteiger charge is -2.39. The number of amides is 1. The summed E-state index contributed by atoms with van der Waals surface area (Å²) in [6, 6.07) is 27.1. The monoisotopic (exact) mass is 873 g/mol. The minimum absolute atomic E-state index is 0.0372. The quantitative estimate of drug-likeness (QED) is 0.0397. The van der Waals surface area contributed by atoms with Gasteiger partial charge in [0.15, 0.2) is 6.23 Å². The molecule has 0 saturated carbocycles. The number of ether oxygens (including phenoxy) is 6. The van der Waals surface area contributed by atoms with Crippen molar-refractivity contribution in [1.29, 1.82) is 5.26 Å². The van der Waals surface area contributed by atoms with Gasteiger partial charge in [-0.15, -0.1) is 0 Å². The molecule has 1 unspecified atom stereocenters. The van der Waals surface area contributed by atoms with Gasteiger partial charge >= 0.3 is 11.7 Å². The third-order valence-corrected chi connectivity index (χ3v) is 12.2. The fourth-order valence-electron chi connectivity index (χ4n) is 7.38. The standard InChI is InChI=1S/C45H56N5O11P/c1-29(2)50(30(3)4)62(59-25-13-24-46)61-40-39(60-43(41(40)56-9)49-26-33(27-57-32(6)52)42(47-31(5)51)48-44(49)53)28-58-45(34-14-11-10-12-15-34,35-16-20-37(54-7)21-17-35)36-18-22-38(55-8)23-19-36/h10-12,14-23,26,29-30,39-41,43H,13,25,27-28H2,1-9H3,(H,47,48,51,53)/t39-,40-,41-,43-,62?/m1/s1. The number of hydrogen-bond donors (Lipinski definition) is 1. The maximum Gasteiger partial charge on any atom is 0.351 e. The number of nitrogens with one attached hydrogen (secondary N) is 1. The van der Waals surface area contributed by atoms with Crippen LogP contribution in [-0.2, 0) is 49.8 Å². The number of rotatable bonds is 21. The number of hydrogen-bond acceptors (Lipinski definition) is 14. The summed E-state index contributed by atoms with van der Waals surface area (Å²) in [4.78, 5) is 42.1. The number of carbonyl (C=O) groups excluding carboxylic acids is 2. The zero-order valence-corrected chi connectivity index (χ0v) is 37.5. The van der Waals surface area contributed by atoms with E-state index in [-0.39, 0.29) is 49.7 Å². The molecule has 4 aromatic rings. The van der Waals surface area contributed by atoms with Crippen molar-refractivity contribution in [2.24, 2.45) is 0 Å². The molecule has 1 aliphatic heterocycles. The molecule has 1 aliphatic rings. The Bertz CT molecular complexity index is 2130. The number of carbonyl (C=O) groups is 2. The van der Waals surface area contributed by atoms with Crippen molar-refractivity contribution in [2.45, 2.75) is 96.8 Å². The summed E-state index contributed by atoms with van der Waals surface area (Å²) in [6.07, 6.45) is -2.48. The van der Waals surface area contributed by atoms with Crippen LogP contribution in [0.15, 0.2) is 89.9 Å². The van der Waals surface area contributed by atoms with Gasteiger partial charge in [-0.05, 0) is 68.7 Å². The van der Waals surface area contributed by atoms with Gasteiger partial charge in [0.2, 0.25) is 5.91 Å². The molecule has 1 aromatic heterocycles. The molecule has 0 spiro atoms. The molecule has 0 radical (unpaired) electrons. The predicted octanol–water partition coefficient (Wildman–Crippen LogP) is 6.86. The Hall–Kier alpha value is -5.24. The minimum Gasteiger partial charge on any atom is -0.497 e. The fraction of sp³-hybridized carbons (Fsp3) is 0.444. The van der Waals surface area contributed by atoms with Crippen molar-refractivity contribution < 1.29 is 47.1 Å². The van der Waals surface area contributed by atoms with Gasteiger partial charge in [0.05, 0.1) is 39.9 Å². The summed E-state index contributed by atoms with van der Waals surface area (Å²) >= 11 is 0. The van der Waals surface area contributed by atoms with Crippen LogP contribution >= 0.6 is 8.53 Å². The van der Waals surface area contributed by atoms with E-state index in [0.29, 0.717) is 11.5 Å². The molecule has 17 heteroatoms. The molecule has 0 bridgehead atoms. The zero-order chi connectivity index (χ0) is 45.0. The van der Waals surface area contributed by atoms with Crippen LogP contribution < -0.4 is 20.5 Å². The molecule has 2 heterocycles. The zero-order valence-electron chi connectivity index (χ0n) is 36.6. The van der Waals surface area contributed by atoms with Gasteiger partial charge in [0.1, 0.15) is 47.8 Å². The van der Waals surface area contributed by atoms with Crippen LogP contribution in [0, 0.1) is 11.3 Å². The summed E-state index contributed by atoms with van der Waals surface area (Å²) in [5.41, 5.74) is 0.577. The Morgan fingerprint density at radius 1 is 0.903 bits per heavy atom. The van der Waals surface area contributed by atoms with Gasteiger partial charge in [-0.3, -0.25) is 14.2 Å². The van der Waals surface area contributed by atoms with Gasteiger partial charge in [-0.25, -0.2) is 9.46 Å². The maximum atomic E-state index is 13.9. The Morgan fingerprint density at radius 2 is 1.48 bits per heavy atom. The lowest BCUT2D eigenvalue weighted by Crippen LogP contribution is -2.43. The molecule has 62 heavy (non-hydrogen) atoms. The van der Waals surface area contributed by atoms with E-state index in [2.05, 4.69) is 21.0 Å². The van der Waals surface area contributed by atoms with Gasteiger partial charge < -0.3 is 42.8 Å². The molecule has 16 nitrogen and oxygen atoms in total. The fourth-order valence-corrected chi connectivity index (χ4v) is 9.14. The highest BCUT2D eigenvalue weighted by Gasteiger charge is 2.51. The first kappa shape index (κ1) is 47.8. The normalized spacial score (nSPS) is 18.1. The molecular formula is C45H56N5O11P. The number of methoxy groups -OCH3 is 3. The predicted molar refractivity (Wildman–Crippen MR) is 231 cm³/mol. The summed E-state index contributed by atoms with van der Waals surface area (Å²) in [5, 5.41) is 12.0. The lowest BCUT2D eigenvalue weighted by molar-refractivity contribution is -0.142. The van der Waals surface area contributed by atoms with Crippen molar-refractivity contribution in [3.63, 3.8) is 0 Å². The van der Waals surface area contributed by atoms with E-state index >= 15 is 0 Å². The third-order valence-electron chi connectivity index (χ3n) is 10.1. The van der Waals surface area contributed by atoms with Gasteiger partial charge in [0, 0.05) is 44.8 Å². The Kier molecular flexibility index (Phi) is 17.1. The van der Waals surface area contributed by atoms with E-state index in [1.165, 1.54) is 31.7 Å². The Balaban J connectivity index is 1.69. The average Bonchev–Trinajstić information content (AvgIpc) is 3.60. The first-order chi connectivity index (χ1) is 29.8. The van der Waals surface area contributed by atoms with Crippen LogP contribution in [0.4, 0.5) is 5.82 Å². The highest BCUT2D eigenvalue weighted by molar-refractivity contribution is 7.44. The van der Waals surface area contributed by atoms with Gasteiger partial charge in [-0.2, -0.15) is 10.2 Å². The van der Waals surface area contributed by atoms with Crippen LogP contribution in [0.1, 0.15) is 76.4 Å². The smallest absolute Gasteiger partial charge is 0.351 e. The first-order valence-corrected chi connectivity index (χ1v) is 21.4. The minimum atomic E-state index is -1.87. The van der Waals surface area contributed by atoms with Crippen molar-refractivity contribution in [3.8, 4) is 17.6 Å². The molecule has 1 fully saturated rings. The van der Waals surface area contributed by atoms with E-state index in [1.54, 1.807) is 14.2 Å². The molecule has 1 amide bonds. The van der Waals surface area contributed by atoms with Crippen LogP contribution in [-0.4, -0.2) is 91.0 Å². The van der Waals surface area contributed by atoms with Crippen molar-refractivity contribution in [1.82, 2.24) is 14.2 Å². The second-order valence-electron chi connectivity index (χ2n) is 15.0. The first-order valence-electron chi connectivity index (χ1n) is 20.2. The van der Waals surface area contributed by atoms with Gasteiger partial charge in [-0.1, -0.05) is 54.6 Å². The van der Waals surface area contributed by atoms with Crippen LogP contribution in [0.5, 0.6) is 11.5 Å². The van der Waals surface area contributed by atoms with Gasteiger partial charge in [0.25, 0.3) is 8.53 Å². The van der Waals surface area contributed by atoms with E-state index in [0.717, 1.165) is 16.7 Å². The molecule has 0 aliphatic carbocycles. The second-order valence-corrected chi connectivity index (χ2v) is 16.4. The highest BCUT2D eigenvalue weighted by Crippen LogP contribution is 2.51. The highest BCUT2D eigenvalue weighted by atomic mass is 31.2. The van der Waals surface area contributed by atoms with E-state index in [9.17, 15) is 19.6 Å². The molecule has 1 N–H and O–H groups in total. The number of nitrogens with zero attached hydrogens (tertiary/aromatic N) is 4. The van der Waals surface area contributed by atoms with Crippen LogP contribution in [0.25, 0.3) is 0 Å². The number of anilines is 1. The SMILES string of the molecule is COc1ccc(C(OC[C@H]2O[C@@H](n3cc(COC(C)=O)c(NC(C)=O)nc3=O)[C@H](OC)[C@@H]2OP(OCCC#N)N(C(C)C)C(C)C)(c2ccccc2)c2ccc(OC)cc2)cc1. The second kappa shape index (κ2) is 22.2. The molecule has 3 aromatic carbocycles. The number of esters is 1. The summed E-state index contributed by atoms with van der Waals surface area (Å²) < 4.78 is 53.4. The molecule has 332 valence electrons. The average molecular weight is 874 g/mol. The lowest BCUT2D eigenvalue weighted by atomic mass is 9.80. The van der Waals surface area contributed by atoms with Crippen molar-refractivity contribution in [3.05, 3.63) is 118 Å². The number of aromatic nitrogens is 2. The van der Waals surface area contributed by atoms with Crippen LogP contribution in [0.2, 0.25) is 0 Å². The van der Waals surface area contributed by atoms with Crippen LogP contribution in [0.3, 0.4) is 0 Å². The van der Waals surface area contributed by atoms with E-state index < -0.39 is 56.2 Å². The molecule has 5 rings (SSSR count). The van der Waals surface area contributed by atoms with Crippen molar-refractivity contribution >= 4 is 26.2 Å². The third kappa shape index (κ3) is 11.2. The van der Waals surface area contributed by atoms with Crippen molar-refractivity contribution in [2.75, 3.05) is 39.9 Å². The molecule has 1 saturated heterocycles. The number of nitriles is 1. The summed E-state index contributed by atoms with van der Waals surface area (Å²) in [5.74, 6) is 0.200. The Morgan fingerprint density at radius 3 is 1.98 bits per heavy atom. The maximum absolute atomic E-state index is 13.9.